The van der Waals surface area contributed by atoms with E-state index in [4.69, 9.17) is 0 Å². The lowest BCUT2D eigenvalue weighted by atomic mass is 9.95. The van der Waals surface area contributed by atoms with E-state index in [1.54, 1.807) is 4.31 Å². The fourth-order valence-electron chi connectivity index (χ4n) is 4.38. The van der Waals surface area contributed by atoms with Gasteiger partial charge in [-0.2, -0.15) is 4.31 Å². The molecule has 28 heavy (non-hydrogen) atoms. The van der Waals surface area contributed by atoms with Gasteiger partial charge < -0.3 is 4.90 Å². The summed E-state index contributed by atoms with van der Waals surface area (Å²) in [5, 5.41) is 0. The number of nitrogens with zero attached hydrogens (tertiary/aromatic N) is 2. The van der Waals surface area contributed by atoms with Gasteiger partial charge in [0.2, 0.25) is 15.9 Å². The fourth-order valence-corrected chi connectivity index (χ4v) is 6.36. The first-order valence-corrected chi connectivity index (χ1v) is 11.6. The number of rotatable bonds is 4. The van der Waals surface area contributed by atoms with Crippen LogP contribution in [0, 0.1) is 40.5 Å². The molecule has 1 heterocycles. The van der Waals surface area contributed by atoms with Crippen LogP contribution in [-0.2, 0) is 14.8 Å². The molecule has 3 rings (SSSR count). The van der Waals surface area contributed by atoms with Crippen molar-refractivity contribution in [3.8, 4) is 0 Å². The molecule has 1 aliphatic heterocycles. The van der Waals surface area contributed by atoms with Crippen molar-refractivity contribution >= 4 is 15.9 Å². The van der Waals surface area contributed by atoms with Crippen LogP contribution >= 0.6 is 0 Å². The number of allylic oxidation sites excluding steroid dienone is 2. The molecule has 154 valence electrons. The van der Waals surface area contributed by atoms with E-state index in [0.29, 0.717) is 43.4 Å². The Labute approximate surface area is 169 Å². The van der Waals surface area contributed by atoms with Crippen molar-refractivity contribution in [3.63, 3.8) is 0 Å². The first kappa shape index (κ1) is 21.1. The number of sulfonamides is 1. The van der Waals surface area contributed by atoms with E-state index in [2.05, 4.69) is 12.2 Å². The Hall–Kier alpha value is -1.66. The molecule has 1 fully saturated rings. The average Bonchev–Trinajstić information content (AvgIpc) is 3.18. The van der Waals surface area contributed by atoms with Crippen LogP contribution in [0.2, 0.25) is 0 Å². The van der Waals surface area contributed by atoms with Gasteiger partial charge in [0.05, 0.1) is 4.90 Å². The predicted octanol–water partition coefficient (Wildman–Crippen LogP) is 3.42. The smallest absolute Gasteiger partial charge is 0.243 e. The standard InChI is InChI=1S/C22H32N2O3S/c1-15-16(2)18(4)22(19(5)17(15)3)28(26,27)24-12-10-23(11-13-24)21(25)14-20-8-6-7-9-20/h6,8,20H,7,9-14H2,1-5H3. The zero-order valence-corrected chi connectivity index (χ0v) is 18.5. The average molecular weight is 405 g/mol. The van der Waals surface area contributed by atoms with Crippen LogP contribution < -0.4 is 0 Å². The maximum atomic E-state index is 13.4. The van der Waals surface area contributed by atoms with Crippen LogP contribution in [0.25, 0.3) is 0 Å². The van der Waals surface area contributed by atoms with Crippen molar-refractivity contribution in [2.75, 3.05) is 26.2 Å². The van der Waals surface area contributed by atoms with E-state index in [1.807, 2.05) is 39.5 Å². The summed E-state index contributed by atoms with van der Waals surface area (Å²) in [6.07, 6.45) is 6.91. The molecular weight excluding hydrogens is 372 g/mol. The maximum absolute atomic E-state index is 13.4. The summed E-state index contributed by atoms with van der Waals surface area (Å²) >= 11 is 0. The van der Waals surface area contributed by atoms with Crippen LogP contribution in [0.15, 0.2) is 17.0 Å². The monoisotopic (exact) mass is 404 g/mol. The number of amides is 1. The molecule has 1 aromatic rings. The summed E-state index contributed by atoms with van der Waals surface area (Å²) < 4.78 is 28.4. The van der Waals surface area contributed by atoms with Gasteiger partial charge in [0.1, 0.15) is 0 Å². The molecule has 0 N–H and O–H groups in total. The van der Waals surface area contributed by atoms with Crippen molar-refractivity contribution in [1.29, 1.82) is 0 Å². The minimum atomic E-state index is -3.57. The van der Waals surface area contributed by atoms with E-state index in [9.17, 15) is 13.2 Å². The Morgan fingerprint density at radius 2 is 1.46 bits per heavy atom. The lowest BCUT2D eigenvalue weighted by Gasteiger charge is -2.35. The lowest BCUT2D eigenvalue weighted by Crippen LogP contribution is -2.50. The predicted molar refractivity (Wildman–Crippen MR) is 112 cm³/mol. The van der Waals surface area contributed by atoms with Gasteiger partial charge in [-0.15, -0.1) is 0 Å². The van der Waals surface area contributed by atoms with E-state index in [-0.39, 0.29) is 5.91 Å². The first-order valence-electron chi connectivity index (χ1n) is 10.2. The molecule has 1 atom stereocenters. The highest BCUT2D eigenvalue weighted by molar-refractivity contribution is 7.89. The van der Waals surface area contributed by atoms with Gasteiger partial charge in [0.15, 0.2) is 0 Å². The molecular formula is C22H32N2O3S. The second kappa shape index (κ2) is 7.99. The highest BCUT2D eigenvalue weighted by Gasteiger charge is 2.33. The zero-order valence-electron chi connectivity index (χ0n) is 17.7. The highest BCUT2D eigenvalue weighted by atomic mass is 32.2. The van der Waals surface area contributed by atoms with Gasteiger partial charge in [-0.3, -0.25) is 4.79 Å². The number of benzene rings is 1. The minimum Gasteiger partial charge on any atom is -0.340 e. The summed E-state index contributed by atoms with van der Waals surface area (Å²) in [4.78, 5) is 14.8. The van der Waals surface area contributed by atoms with Crippen LogP contribution in [0.1, 0.15) is 47.1 Å². The summed E-state index contributed by atoms with van der Waals surface area (Å²) in [6, 6.07) is 0. The number of carbonyl (C=O) groups is 1. The topological polar surface area (TPSA) is 57.7 Å². The fraction of sp³-hybridized carbons (Fsp3) is 0.591. The van der Waals surface area contributed by atoms with Gasteiger partial charge >= 0.3 is 0 Å². The Bertz CT molecular complexity index is 881. The largest absolute Gasteiger partial charge is 0.340 e. The first-order chi connectivity index (χ1) is 13.1. The van der Waals surface area contributed by atoms with Crippen molar-refractivity contribution in [1.82, 2.24) is 9.21 Å². The van der Waals surface area contributed by atoms with E-state index >= 15 is 0 Å². The number of carbonyl (C=O) groups excluding carboxylic acids is 1. The summed E-state index contributed by atoms with van der Waals surface area (Å²) in [5.41, 5.74) is 4.92. The lowest BCUT2D eigenvalue weighted by molar-refractivity contribution is -0.133. The number of piperazine rings is 1. The molecule has 2 aliphatic rings. The summed E-state index contributed by atoms with van der Waals surface area (Å²) in [6.45, 7) is 11.5. The third-order valence-corrected chi connectivity index (χ3v) is 8.84. The number of hydrogen-bond acceptors (Lipinski definition) is 3. The molecule has 1 aromatic carbocycles. The van der Waals surface area contributed by atoms with Gasteiger partial charge in [0.25, 0.3) is 0 Å². The molecule has 1 saturated heterocycles. The molecule has 1 unspecified atom stereocenters. The van der Waals surface area contributed by atoms with E-state index in [0.717, 1.165) is 40.7 Å². The Morgan fingerprint density at radius 3 is 1.96 bits per heavy atom. The molecule has 1 amide bonds. The molecule has 0 bridgehead atoms. The van der Waals surface area contributed by atoms with Crippen molar-refractivity contribution < 1.29 is 13.2 Å². The van der Waals surface area contributed by atoms with Crippen molar-refractivity contribution in [3.05, 3.63) is 40.0 Å². The van der Waals surface area contributed by atoms with Crippen LogP contribution in [0.4, 0.5) is 0 Å². The summed E-state index contributed by atoms with van der Waals surface area (Å²) in [7, 11) is -3.57. The maximum Gasteiger partial charge on any atom is 0.243 e. The second-order valence-electron chi connectivity index (χ2n) is 8.21. The molecule has 6 heteroatoms. The van der Waals surface area contributed by atoms with Gasteiger partial charge in [-0.25, -0.2) is 8.42 Å². The van der Waals surface area contributed by atoms with E-state index < -0.39 is 10.0 Å². The molecule has 1 aliphatic carbocycles. The van der Waals surface area contributed by atoms with Crippen LogP contribution in [-0.4, -0.2) is 49.7 Å². The Kier molecular flexibility index (Phi) is 6.01. The normalized spacial score (nSPS) is 20.8. The zero-order chi connectivity index (χ0) is 20.6. The van der Waals surface area contributed by atoms with E-state index in [1.165, 1.54) is 0 Å². The highest BCUT2D eigenvalue weighted by Crippen LogP contribution is 2.32. The number of hydrogen-bond donors (Lipinski definition) is 0. The summed E-state index contributed by atoms with van der Waals surface area (Å²) in [5.74, 6) is 0.487. The van der Waals surface area contributed by atoms with Crippen LogP contribution in [0.5, 0.6) is 0 Å². The quantitative estimate of drug-likeness (QED) is 0.723. The molecule has 0 spiro atoms. The molecule has 0 radical (unpaired) electrons. The molecule has 0 saturated carbocycles. The SMILES string of the molecule is Cc1c(C)c(C)c(S(=O)(=O)N2CCN(C(=O)CC3C=CCC3)CC2)c(C)c1C. The third kappa shape index (κ3) is 3.77. The molecule has 0 aromatic heterocycles. The third-order valence-electron chi connectivity index (χ3n) is 6.67. The van der Waals surface area contributed by atoms with Crippen molar-refractivity contribution in [2.45, 2.75) is 58.8 Å². The van der Waals surface area contributed by atoms with Gasteiger partial charge in [-0.05, 0) is 81.2 Å². The van der Waals surface area contributed by atoms with Crippen LogP contribution in [0.3, 0.4) is 0 Å². The minimum absolute atomic E-state index is 0.142. The second-order valence-corrected chi connectivity index (χ2v) is 10.1. The van der Waals surface area contributed by atoms with Crippen molar-refractivity contribution in [2.24, 2.45) is 5.92 Å². The Balaban J connectivity index is 1.75. The Morgan fingerprint density at radius 1 is 0.929 bits per heavy atom. The van der Waals surface area contributed by atoms with Gasteiger partial charge in [-0.1, -0.05) is 12.2 Å². The molecule has 5 nitrogen and oxygen atoms in total. The van der Waals surface area contributed by atoms with Gasteiger partial charge in [0, 0.05) is 32.6 Å².